The minimum atomic E-state index is -3.16. The number of amides is 1. The van der Waals surface area contributed by atoms with Gasteiger partial charge in [0.25, 0.3) is 5.91 Å². The van der Waals surface area contributed by atoms with Crippen LogP contribution < -0.4 is 0 Å². The van der Waals surface area contributed by atoms with E-state index in [1.54, 1.807) is 14.0 Å². The molecule has 23 heavy (non-hydrogen) atoms. The molecule has 2 aromatic rings. The molecule has 0 saturated carbocycles. The van der Waals surface area contributed by atoms with E-state index < -0.39 is 15.9 Å². The average molecular weight is 333 g/mol. The minimum Gasteiger partial charge on any atom is -0.337 e. The third-order valence-corrected chi connectivity index (χ3v) is 4.52. The first-order valence-corrected chi connectivity index (χ1v) is 9.17. The van der Waals surface area contributed by atoms with Gasteiger partial charge in [0.1, 0.15) is 15.5 Å². The van der Waals surface area contributed by atoms with Gasteiger partial charge in [-0.2, -0.15) is 0 Å². The van der Waals surface area contributed by atoms with Crippen LogP contribution in [0.5, 0.6) is 0 Å². The number of hydrogen-bond donors (Lipinski definition) is 0. The number of rotatable bonds is 5. The molecule has 1 heterocycles. The minimum absolute atomic E-state index is 0.0914. The number of hydrogen-bond acceptors (Lipinski definition) is 5. The van der Waals surface area contributed by atoms with Crippen molar-refractivity contribution in [2.24, 2.45) is 0 Å². The van der Waals surface area contributed by atoms with E-state index >= 15 is 0 Å². The van der Waals surface area contributed by atoms with Crippen LogP contribution in [0.15, 0.2) is 42.6 Å². The van der Waals surface area contributed by atoms with Crippen molar-refractivity contribution in [1.29, 1.82) is 0 Å². The summed E-state index contributed by atoms with van der Waals surface area (Å²) in [6.45, 7) is 1.69. The van der Waals surface area contributed by atoms with Gasteiger partial charge in [-0.15, -0.1) is 0 Å². The Labute approximate surface area is 136 Å². The molecular formula is C16H19N3O3S. The highest BCUT2D eigenvalue weighted by Crippen LogP contribution is 2.15. The molecule has 1 aromatic carbocycles. The highest BCUT2D eigenvalue weighted by molar-refractivity contribution is 7.90. The Balaban J connectivity index is 2.23. The second-order valence-corrected chi connectivity index (χ2v) is 7.67. The first-order valence-electron chi connectivity index (χ1n) is 7.11. The SMILES string of the molecule is CC(CS(C)(=O)=O)N(C)C(=O)c1ccnc(-c2ccccc2)n1. The van der Waals surface area contributed by atoms with Crippen molar-refractivity contribution in [2.75, 3.05) is 19.1 Å². The summed E-state index contributed by atoms with van der Waals surface area (Å²) in [6.07, 6.45) is 2.68. The fourth-order valence-corrected chi connectivity index (χ4v) is 3.23. The Morgan fingerprint density at radius 1 is 1.22 bits per heavy atom. The van der Waals surface area contributed by atoms with Crippen molar-refractivity contribution >= 4 is 15.7 Å². The summed E-state index contributed by atoms with van der Waals surface area (Å²) in [6, 6.07) is 10.4. The van der Waals surface area contributed by atoms with Gasteiger partial charge in [-0.05, 0) is 13.0 Å². The molecule has 1 amide bonds. The summed E-state index contributed by atoms with van der Waals surface area (Å²) in [5.74, 6) is 0.0348. The van der Waals surface area contributed by atoms with Crippen LogP contribution >= 0.6 is 0 Å². The molecule has 1 atom stereocenters. The van der Waals surface area contributed by atoms with Crippen molar-refractivity contribution in [1.82, 2.24) is 14.9 Å². The van der Waals surface area contributed by atoms with E-state index in [2.05, 4.69) is 9.97 Å². The smallest absolute Gasteiger partial charge is 0.272 e. The van der Waals surface area contributed by atoms with E-state index in [1.807, 2.05) is 30.3 Å². The number of carbonyl (C=O) groups excluding carboxylic acids is 1. The summed E-state index contributed by atoms with van der Waals surface area (Å²) in [5.41, 5.74) is 1.05. The largest absolute Gasteiger partial charge is 0.337 e. The topological polar surface area (TPSA) is 80.2 Å². The predicted octanol–water partition coefficient (Wildman–Crippen LogP) is 1.65. The van der Waals surface area contributed by atoms with E-state index in [-0.39, 0.29) is 17.4 Å². The second-order valence-electron chi connectivity index (χ2n) is 5.49. The van der Waals surface area contributed by atoms with E-state index in [0.29, 0.717) is 5.82 Å². The van der Waals surface area contributed by atoms with Crippen LogP contribution in [0.1, 0.15) is 17.4 Å². The summed E-state index contributed by atoms with van der Waals surface area (Å²) in [7, 11) is -1.59. The monoisotopic (exact) mass is 333 g/mol. The van der Waals surface area contributed by atoms with Crippen molar-refractivity contribution in [3.8, 4) is 11.4 Å². The van der Waals surface area contributed by atoms with Crippen molar-refractivity contribution in [3.63, 3.8) is 0 Å². The van der Waals surface area contributed by atoms with Gasteiger partial charge in [0.15, 0.2) is 5.82 Å². The summed E-state index contributed by atoms with van der Waals surface area (Å²) >= 11 is 0. The third kappa shape index (κ3) is 4.59. The lowest BCUT2D eigenvalue weighted by molar-refractivity contribution is 0.0751. The lowest BCUT2D eigenvalue weighted by atomic mass is 10.2. The van der Waals surface area contributed by atoms with Crippen molar-refractivity contribution in [3.05, 3.63) is 48.3 Å². The maximum absolute atomic E-state index is 12.5. The molecule has 1 aromatic heterocycles. The lowest BCUT2D eigenvalue weighted by Gasteiger charge is -2.24. The molecule has 122 valence electrons. The van der Waals surface area contributed by atoms with Gasteiger partial charge in [0.2, 0.25) is 0 Å². The number of aromatic nitrogens is 2. The summed E-state index contributed by atoms with van der Waals surface area (Å²) < 4.78 is 22.8. The van der Waals surface area contributed by atoms with Crippen LogP contribution in [-0.4, -0.2) is 54.3 Å². The quantitative estimate of drug-likeness (QED) is 0.831. The highest BCUT2D eigenvalue weighted by Gasteiger charge is 2.22. The Hall–Kier alpha value is -2.28. The van der Waals surface area contributed by atoms with Crippen LogP contribution in [0.25, 0.3) is 11.4 Å². The van der Waals surface area contributed by atoms with Gasteiger partial charge in [0, 0.05) is 31.1 Å². The normalized spacial score (nSPS) is 12.7. The number of carbonyl (C=O) groups is 1. The molecule has 0 aliphatic heterocycles. The molecule has 7 heteroatoms. The highest BCUT2D eigenvalue weighted by atomic mass is 32.2. The van der Waals surface area contributed by atoms with E-state index in [4.69, 9.17) is 0 Å². The molecule has 1 unspecified atom stereocenters. The molecule has 0 aliphatic rings. The number of sulfone groups is 1. The van der Waals surface area contributed by atoms with Gasteiger partial charge < -0.3 is 4.90 Å². The number of benzene rings is 1. The summed E-state index contributed by atoms with van der Waals surface area (Å²) in [4.78, 5) is 22.4. The molecule has 0 fully saturated rings. The molecule has 0 radical (unpaired) electrons. The fourth-order valence-electron chi connectivity index (χ4n) is 2.13. The van der Waals surface area contributed by atoms with Crippen molar-refractivity contribution < 1.29 is 13.2 Å². The maximum atomic E-state index is 12.5. The Kier molecular flexibility index (Phi) is 5.10. The van der Waals surface area contributed by atoms with Crippen LogP contribution in [0.3, 0.4) is 0 Å². The maximum Gasteiger partial charge on any atom is 0.272 e. The van der Waals surface area contributed by atoms with Gasteiger partial charge in [0.05, 0.1) is 5.75 Å². The average Bonchev–Trinajstić information content (AvgIpc) is 2.53. The van der Waals surface area contributed by atoms with Crippen LogP contribution in [0.4, 0.5) is 0 Å². The molecule has 2 rings (SSSR count). The Bertz CT molecular complexity index is 791. The molecule has 0 bridgehead atoms. The molecule has 0 saturated heterocycles. The fraction of sp³-hybridized carbons (Fsp3) is 0.312. The van der Waals surface area contributed by atoms with Gasteiger partial charge in [-0.3, -0.25) is 4.79 Å². The van der Waals surface area contributed by atoms with Crippen LogP contribution in [-0.2, 0) is 9.84 Å². The van der Waals surface area contributed by atoms with E-state index in [1.165, 1.54) is 17.2 Å². The molecule has 0 spiro atoms. The second kappa shape index (κ2) is 6.87. The lowest BCUT2D eigenvalue weighted by Crippen LogP contribution is -2.39. The molecule has 0 N–H and O–H groups in total. The molecule has 6 nitrogen and oxygen atoms in total. The first kappa shape index (κ1) is 17.1. The zero-order chi connectivity index (χ0) is 17.0. The van der Waals surface area contributed by atoms with E-state index in [9.17, 15) is 13.2 Å². The molecular weight excluding hydrogens is 314 g/mol. The van der Waals surface area contributed by atoms with Gasteiger partial charge in [-0.1, -0.05) is 30.3 Å². The zero-order valence-electron chi connectivity index (χ0n) is 13.3. The standard InChI is InChI=1S/C16H19N3O3S/c1-12(11-23(3,21)22)19(2)16(20)14-9-10-17-15(18-14)13-7-5-4-6-8-13/h4-10,12H,11H2,1-3H3. The van der Waals surface area contributed by atoms with E-state index in [0.717, 1.165) is 11.8 Å². The van der Waals surface area contributed by atoms with Crippen molar-refractivity contribution in [2.45, 2.75) is 13.0 Å². The van der Waals surface area contributed by atoms with Crippen LogP contribution in [0.2, 0.25) is 0 Å². The summed E-state index contributed by atoms with van der Waals surface area (Å²) in [5, 5.41) is 0. The van der Waals surface area contributed by atoms with Gasteiger partial charge >= 0.3 is 0 Å². The molecule has 0 aliphatic carbocycles. The first-order chi connectivity index (χ1) is 10.8. The Morgan fingerprint density at radius 3 is 2.48 bits per heavy atom. The predicted molar refractivity (Wildman–Crippen MR) is 88.7 cm³/mol. The zero-order valence-corrected chi connectivity index (χ0v) is 14.1. The third-order valence-electron chi connectivity index (χ3n) is 3.43. The van der Waals surface area contributed by atoms with Gasteiger partial charge in [-0.25, -0.2) is 18.4 Å². The Morgan fingerprint density at radius 2 is 1.87 bits per heavy atom. The number of nitrogens with zero attached hydrogens (tertiary/aromatic N) is 3. The van der Waals surface area contributed by atoms with Crippen LogP contribution in [0, 0.1) is 0 Å².